The van der Waals surface area contributed by atoms with Crippen LogP contribution in [-0.2, 0) is 6.42 Å². The molecule has 1 N–H and O–H groups in total. The number of rotatable bonds is 2. The van der Waals surface area contributed by atoms with E-state index in [0.29, 0.717) is 5.92 Å². The summed E-state index contributed by atoms with van der Waals surface area (Å²) in [5.41, 5.74) is 0. The van der Waals surface area contributed by atoms with Gasteiger partial charge in [-0.05, 0) is 46.8 Å². The summed E-state index contributed by atoms with van der Waals surface area (Å²) in [6.45, 7) is 0. The fourth-order valence-electron chi connectivity index (χ4n) is 1.98. The lowest BCUT2D eigenvalue weighted by atomic mass is 10.0. The summed E-state index contributed by atoms with van der Waals surface area (Å²) in [6.07, 6.45) is 3.97. The quantitative estimate of drug-likeness (QED) is 0.869. The van der Waals surface area contributed by atoms with Crippen LogP contribution in [0, 0.1) is 5.92 Å². The first kappa shape index (κ1) is 9.28. The Bertz CT molecular complexity index is 282. The van der Waals surface area contributed by atoms with E-state index in [0.717, 1.165) is 36.1 Å². The molecule has 1 aliphatic carbocycles. The molecule has 13 heavy (non-hydrogen) atoms. The smallest absolute Gasteiger partial charge is 0.169 e. The van der Waals surface area contributed by atoms with Crippen molar-refractivity contribution in [2.75, 3.05) is 0 Å². The summed E-state index contributed by atoms with van der Waals surface area (Å²) in [5, 5.41) is 9.60. The maximum Gasteiger partial charge on any atom is 0.169 e. The first-order chi connectivity index (χ1) is 6.25. The van der Waals surface area contributed by atoms with E-state index >= 15 is 0 Å². The Morgan fingerprint density at radius 3 is 2.85 bits per heavy atom. The molecule has 1 aliphatic rings. The molecule has 0 amide bonds. The number of halogens is 1. The summed E-state index contributed by atoms with van der Waals surface area (Å²) in [4.78, 5) is 0. The van der Waals surface area contributed by atoms with Gasteiger partial charge in [0.25, 0.3) is 0 Å². The highest BCUT2D eigenvalue weighted by atomic mass is 79.9. The van der Waals surface area contributed by atoms with Crippen molar-refractivity contribution in [1.82, 2.24) is 0 Å². The molecular formula is C10H13BrO2. The van der Waals surface area contributed by atoms with Crippen molar-refractivity contribution in [2.24, 2.45) is 5.92 Å². The van der Waals surface area contributed by atoms with Crippen LogP contribution in [0.1, 0.15) is 25.0 Å². The van der Waals surface area contributed by atoms with E-state index in [-0.39, 0.29) is 6.10 Å². The van der Waals surface area contributed by atoms with E-state index in [1.165, 1.54) is 0 Å². The van der Waals surface area contributed by atoms with Crippen LogP contribution in [0.3, 0.4) is 0 Å². The van der Waals surface area contributed by atoms with Gasteiger partial charge in [0.05, 0.1) is 6.10 Å². The summed E-state index contributed by atoms with van der Waals surface area (Å²) >= 11 is 3.27. The van der Waals surface area contributed by atoms with Gasteiger partial charge in [-0.1, -0.05) is 6.42 Å². The predicted molar refractivity (Wildman–Crippen MR) is 53.5 cm³/mol. The van der Waals surface area contributed by atoms with Crippen molar-refractivity contribution in [1.29, 1.82) is 0 Å². The molecule has 1 saturated carbocycles. The molecule has 1 aromatic heterocycles. The molecule has 2 nitrogen and oxygen atoms in total. The average Bonchev–Trinajstić information content (AvgIpc) is 2.64. The van der Waals surface area contributed by atoms with Crippen LogP contribution in [-0.4, -0.2) is 11.2 Å². The SMILES string of the molecule is O[C@@H]1CCC[C@H]1Cc1ccc(Br)o1. The Kier molecular flexibility index (Phi) is 2.74. The number of aliphatic hydroxyl groups is 1. The average molecular weight is 245 g/mol. The highest BCUT2D eigenvalue weighted by Gasteiger charge is 2.26. The molecule has 1 fully saturated rings. The highest BCUT2D eigenvalue weighted by Crippen LogP contribution is 2.29. The summed E-state index contributed by atoms with van der Waals surface area (Å²) in [7, 11) is 0. The van der Waals surface area contributed by atoms with E-state index in [1.54, 1.807) is 0 Å². The summed E-state index contributed by atoms with van der Waals surface area (Å²) in [6, 6.07) is 3.87. The second kappa shape index (κ2) is 3.84. The number of hydrogen-bond acceptors (Lipinski definition) is 2. The monoisotopic (exact) mass is 244 g/mol. The molecule has 1 heterocycles. The summed E-state index contributed by atoms with van der Waals surface area (Å²) in [5.74, 6) is 1.37. The predicted octanol–water partition coefficient (Wildman–Crippen LogP) is 2.75. The third-order valence-electron chi connectivity index (χ3n) is 2.71. The Morgan fingerprint density at radius 2 is 2.31 bits per heavy atom. The van der Waals surface area contributed by atoms with Crippen molar-refractivity contribution >= 4 is 15.9 Å². The molecule has 2 atom stereocenters. The topological polar surface area (TPSA) is 33.4 Å². The van der Waals surface area contributed by atoms with Gasteiger partial charge in [0.15, 0.2) is 4.67 Å². The standard InChI is InChI=1S/C10H13BrO2/c11-10-5-4-8(13-10)6-7-2-1-3-9(7)12/h4-5,7,9,12H,1-3,6H2/t7-,9+/m0/s1. The van der Waals surface area contributed by atoms with Crippen LogP contribution in [0.2, 0.25) is 0 Å². The zero-order chi connectivity index (χ0) is 9.26. The minimum absolute atomic E-state index is 0.121. The van der Waals surface area contributed by atoms with Crippen LogP contribution in [0.5, 0.6) is 0 Å². The first-order valence-electron chi connectivity index (χ1n) is 4.68. The van der Waals surface area contributed by atoms with Gasteiger partial charge in [-0.3, -0.25) is 0 Å². The molecule has 3 heteroatoms. The van der Waals surface area contributed by atoms with Crippen LogP contribution in [0.25, 0.3) is 0 Å². The van der Waals surface area contributed by atoms with Crippen LogP contribution in [0.4, 0.5) is 0 Å². The zero-order valence-electron chi connectivity index (χ0n) is 7.37. The Labute approximate surface area is 86.1 Å². The number of furan rings is 1. The molecule has 0 radical (unpaired) electrons. The van der Waals surface area contributed by atoms with Crippen LogP contribution < -0.4 is 0 Å². The lowest BCUT2D eigenvalue weighted by molar-refractivity contribution is 0.129. The van der Waals surface area contributed by atoms with E-state index in [4.69, 9.17) is 4.42 Å². The van der Waals surface area contributed by atoms with E-state index in [1.807, 2.05) is 12.1 Å². The van der Waals surface area contributed by atoms with E-state index < -0.39 is 0 Å². The first-order valence-corrected chi connectivity index (χ1v) is 5.47. The molecule has 2 rings (SSSR count). The number of hydrogen-bond donors (Lipinski definition) is 1. The normalized spacial score (nSPS) is 28.2. The van der Waals surface area contributed by atoms with Crippen molar-refractivity contribution < 1.29 is 9.52 Å². The Balaban J connectivity index is 1.97. The van der Waals surface area contributed by atoms with E-state index in [9.17, 15) is 5.11 Å². The molecule has 0 spiro atoms. The molecule has 0 saturated heterocycles. The lowest BCUT2D eigenvalue weighted by Gasteiger charge is -2.11. The molecule has 0 bridgehead atoms. The van der Waals surface area contributed by atoms with Gasteiger partial charge in [0, 0.05) is 6.42 Å². The Morgan fingerprint density at radius 1 is 1.46 bits per heavy atom. The van der Waals surface area contributed by atoms with Gasteiger partial charge >= 0.3 is 0 Å². The van der Waals surface area contributed by atoms with E-state index in [2.05, 4.69) is 15.9 Å². The van der Waals surface area contributed by atoms with Gasteiger partial charge in [-0.25, -0.2) is 0 Å². The second-order valence-corrected chi connectivity index (χ2v) is 4.45. The Hall–Kier alpha value is -0.280. The molecular weight excluding hydrogens is 232 g/mol. The van der Waals surface area contributed by atoms with Gasteiger partial charge in [0.1, 0.15) is 5.76 Å². The third-order valence-corrected chi connectivity index (χ3v) is 3.14. The van der Waals surface area contributed by atoms with Crippen molar-refractivity contribution in [2.45, 2.75) is 31.8 Å². The molecule has 0 aliphatic heterocycles. The minimum atomic E-state index is -0.121. The molecule has 0 aromatic carbocycles. The highest BCUT2D eigenvalue weighted by molar-refractivity contribution is 9.10. The second-order valence-electron chi connectivity index (χ2n) is 3.67. The van der Waals surface area contributed by atoms with Crippen molar-refractivity contribution in [3.8, 4) is 0 Å². The van der Waals surface area contributed by atoms with Crippen molar-refractivity contribution in [3.05, 3.63) is 22.6 Å². The largest absolute Gasteiger partial charge is 0.454 e. The third kappa shape index (κ3) is 2.15. The lowest BCUT2D eigenvalue weighted by Crippen LogP contribution is -2.14. The van der Waals surface area contributed by atoms with Crippen molar-refractivity contribution in [3.63, 3.8) is 0 Å². The van der Waals surface area contributed by atoms with Crippen LogP contribution in [0.15, 0.2) is 21.2 Å². The molecule has 1 aromatic rings. The zero-order valence-corrected chi connectivity index (χ0v) is 8.96. The molecule has 0 unspecified atom stereocenters. The van der Waals surface area contributed by atoms with Crippen LogP contribution >= 0.6 is 15.9 Å². The van der Waals surface area contributed by atoms with Gasteiger partial charge in [-0.2, -0.15) is 0 Å². The maximum atomic E-state index is 9.60. The van der Waals surface area contributed by atoms with Gasteiger partial charge < -0.3 is 9.52 Å². The van der Waals surface area contributed by atoms with Gasteiger partial charge in [0.2, 0.25) is 0 Å². The molecule has 72 valence electrons. The fourth-order valence-corrected chi connectivity index (χ4v) is 2.32. The number of aliphatic hydroxyl groups excluding tert-OH is 1. The summed E-state index contributed by atoms with van der Waals surface area (Å²) < 4.78 is 6.17. The van der Waals surface area contributed by atoms with Gasteiger partial charge in [-0.15, -0.1) is 0 Å². The minimum Gasteiger partial charge on any atom is -0.454 e. The maximum absolute atomic E-state index is 9.60. The fraction of sp³-hybridized carbons (Fsp3) is 0.600.